The quantitative estimate of drug-likeness (QED) is 0.649. The first-order chi connectivity index (χ1) is 6.34. The van der Waals surface area contributed by atoms with Gasteiger partial charge in [-0.05, 0) is 43.9 Å². The van der Waals surface area contributed by atoms with E-state index in [2.05, 4.69) is 22.1 Å². The van der Waals surface area contributed by atoms with Crippen LogP contribution < -0.4 is 0 Å². The molecule has 0 unspecified atom stereocenters. The van der Waals surface area contributed by atoms with Crippen molar-refractivity contribution in [2.45, 2.75) is 26.2 Å². The van der Waals surface area contributed by atoms with E-state index in [-0.39, 0.29) is 0 Å². The summed E-state index contributed by atoms with van der Waals surface area (Å²) >= 11 is 0. The van der Waals surface area contributed by atoms with E-state index in [0.717, 1.165) is 11.3 Å². The first-order valence-electron chi connectivity index (χ1n) is 4.82. The molecule has 66 valence electrons. The minimum atomic E-state index is 1.07. The summed E-state index contributed by atoms with van der Waals surface area (Å²) < 4.78 is 0. The zero-order valence-corrected chi connectivity index (χ0v) is 7.72. The van der Waals surface area contributed by atoms with Crippen molar-refractivity contribution in [2.75, 3.05) is 0 Å². The van der Waals surface area contributed by atoms with E-state index in [9.17, 15) is 0 Å². The zero-order valence-electron chi connectivity index (χ0n) is 7.72. The third-order valence-corrected chi connectivity index (χ3v) is 2.85. The average molecular weight is 172 g/mol. The number of fused-ring (bicyclic) bond motifs is 3. The Bertz CT molecular complexity index is 468. The molecule has 2 heterocycles. The molecule has 3 rings (SSSR count). The second kappa shape index (κ2) is 2.34. The molecule has 0 fully saturated rings. The molecule has 0 saturated heterocycles. The molecule has 2 aromatic heterocycles. The lowest BCUT2D eigenvalue weighted by molar-refractivity contribution is 0.897. The Hall–Kier alpha value is -1.31. The number of hydrogen-bond acceptors (Lipinski definition) is 1. The summed E-state index contributed by atoms with van der Waals surface area (Å²) in [6, 6.07) is 4.28. The number of aromatic nitrogens is 2. The van der Waals surface area contributed by atoms with Crippen LogP contribution in [0.2, 0.25) is 0 Å². The second-order valence-electron chi connectivity index (χ2n) is 3.78. The van der Waals surface area contributed by atoms with Gasteiger partial charge in [-0.2, -0.15) is 0 Å². The predicted molar refractivity (Wildman–Crippen MR) is 52.9 cm³/mol. The Morgan fingerprint density at radius 3 is 3.15 bits per heavy atom. The number of pyridine rings is 1. The SMILES string of the molecule is Cc1ccc2c3c([nH]c2n1)CCC3. The summed E-state index contributed by atoms with van der Waals surface area (Å²) in [5.41, 5.74) is 5.08. The molecule has 0 amide bonds. The maximum atomic E-state index is 4.48. The molecule has 0 aromatic carbocycles. The van der Waals surface area contributed by atoms with Crippen LogP contribution in [0.15, 0.2) is 12.1 Å². The van der Waals surface area contributed by atoms with Crippen LogP contribution in [-0.2, 0) is 12.8 Å². The number of nitrogens with one attached hydrogen (secondary N) is 1. The topological polar surface area (TPSA) is 28.7 Å². The standard InChI is InChI=1S/C11H12N2/c1-7-5-6-9-8-3-2-4-10(8)13-11(9)12-7/h5-6H,2-4H2,1H3,(H,12,13). The van der Waals surface area contributed by atoms with Gasteiger partial charge in [0.25, 0.3) is 0 Å². The number of rotatable bonds is 0. The van der Waals surface area contributed by atoms with Gasteiger partial charge in [0.2, 0.25) is 0 Å². The lowest BCUT2D eigenvalue weighted by atomic mass is 10.2. The lowest BCUT2D eigenvalue weighted by Gasteiger charge is -1.94. The monoisotopic (exact) mass is 172 g/mol. The summed E-state index contributed by atoms with van der Waals surface area (Å²) in [6.45, 7) is 2.03. The van der Waals surface area contributed by atoms with Crippen LogP contribution >= 0.6 is 0 Å². The molecule has 0 aliphatic heterocycles. The Morgan fingerprint density at radius 1 is 1.31 bits per heavy atom. The van der Waals surface area contributed by atoms with Crippen molar-refractivity contribution < 1.29 is 0 Å². The van der Waals surface area contributed by atoms with Gasteiger partial charge >= 0.3 is 0 Å². The first-order valence-corrected chi connectivity index (χ1v) is 4.82. The largest absolute Gasteiger partial charge is 0.343 e. The Balaban J connectivity index is 2.38. The molecular formula is C11H12N2. The van der Waals surface area contributed by atoms with E-state index in [0.29, 0.717) is 0 Å². The Labute approximate surface area is 77.0 Å². The summed E-state index contributed by atoms with van der Waals surface area (Å²) in [4.78, 5) is 7.89. The molecular weight excluding hydrogens is 160 g/mol. The third kappa shape index (κ3) is 0.916. The highest BCUT2D eigenvalue weighted by Gasteiger charge is 2.16. The molecule has 2 heteroatoms. The van der Waals surface area contributed by atoms with Crippen LogP contribution in [0.1, 0.15) is 23.4 Å². The molecule has 13 heavy (non-hydrogen) atoms. The number of H-pyrrole nitrogens is 1. The first kappa shape index (κ1) is 7.13. The Kier molecular flexibility index (Phi) is 1.29. The van der Waals surface area contributed by atoms with Crippen LogP contribution in [0.3, 0.4) is 0 Å². The minimum absolute atomic E-state index is 1.07. The highest BCUT2D eigenvalue weighted by atomic mass is 14.9. The number of hydrogen-bond donors (Lipinski definition) is 1. The van der Waals surface area contributed by atoms with Crippen molar-refractivity contribution in [2.24, 2.45) is 0 Å². The Morgan fingerprint density at radius 2 is 2.23 bits per heavy atom. The molecule has 1 N–H and O–H groups in total. The molecule has 1 aliphatic rings. The van der Waals surface area contributed by atoms with Crippen molar-refractivity contribution in [1.29, 1.82) is 0 Å². The van der Waals surface area contributed by atoms with Gasteiger partial charge in [0.1, 0.15) is 5.65 Å². The molecule has 0 atom stereocenters. The van der Waals surface area contributed by atoms with Crippen LogP contribution in [0.25, 0.3) is 11.0 Å². The summed E-state index contributed by atoms with van der Waals surface area (Å²) in [5, 5.41) is 1.33. The van der Waals surface area contributed by atoms with Crippen LogP contribution in [0, 0.1) is 6.92 Å². The van der Waals surface area contributed by atoms with Crippen LogP contribution in [0.5, 0.6) is 0 Å². The number of nitrogens with zero attached hydrogens (tertiary/aromatic N) is 1. The fourth-order valence-corrected chi connectivity index (χ4v) is 2.22. The second-order valence-corrected chi connectivity index (χ2v) is 3.78. The highest BCUT2D eigenvalue weighted by Crippen LogP contribution is 2.28. The smallest absolute Gasteiger partial charge is 0.138 e. The van der Waals surface area contributed by atoms with Crippen LogP contribution in [-0.4, -0.2) is 9.97 Å². The van der Waals surface area contributed by atoms with E-state index in [1.54, 1.807) is 0 Å². The number of aryl methyl sites for hydroxylation is 3. The fourth-order valence-electron chi connectivity index (χ4n) is 2.22. The highest BCUT2D eigenvalue weighted by molar-refractivity contribution is 5.82. The van der Waals surface area contributed by atoms with Gasteiger partial charge in [-0.15, -0.1) is 0 Å². The minimum Gasteiger partial charge on any atom is -0.343 e. The average Bonchev–Trinajstić information content (AvgIpc) is 2.62. The van der Waals surface area contributed by atoms with Crippen molar-refractivity contribution in [3.05, 3.63) is 29.1 Å². The summed E-state index contributed by atoms with van der Waals surface area (Å²) in [6.07, 6.45) is 3.72. The molecule has 1 aliphatic carbocycles. The predicted octanol–water partition coefficient (Wildman–Crippen LogP) is 2.36. The maximum absolute atomic E-state index is 4.48. The molecule has 0 saturated carbocycles. The van der Waals surface area contributed by atoms with Crippen LogP contribution in [0.4, 0.5) is 0 Å². The van der Waals surface area contributed by atoms with Crippen molar-refractivity contribution in [3.8, 4) is 0 Å². The lowest BCUT2D eigenvalue weighted by Crippen LogP contribution is -1.83. The van der Waals surface area contributed by atoms with E-state index >= 15 is 0 Å². The third-order valence-electron chi connectivity index (χ3n) is 2.85. The summed E-state index contributed by atoms with van der Waals surface area (Å²) in [7, 11) is 0. The molecule has 0 bridgehead atoms. The van der Waals surface area contributed by atoms with Crippen molar-refractivity contribution >= 4 is 11.0 Å². The van der Waals surface area contributed by atoms with E-state index in [4.69, 9.17) is 0 Å². The van der Waals surface area contributed by atoms with Gasteiger partial charge in [-0.1, -0.05) is 0 Å². The van der Waals surface area contributed by atoms with Gasteiger partial charge in [-0.3, -0.25) is 0 Å². The van der Waals surface area contributed by atoms with Gasteiger partial charge < -0.3 is 4.98 Å². The fraction of sp³-hybridized carbons (Fsp3) is 0.364. The van der Waals surface area contributed by atoms with E-state index in [1.165, 1.54) is 35.9 Å². The molecule has 2 aromatic rings. The van der Waals surface area contributed by atoms with Crippen molar-refractivity contribution in [1.82, 2.24) is 9.97 Å². The van der Waals surface area contributed by atoms with E-state index < -0.39 is 0 Å². The molecule has 2 nitrogen and oxygen atoms in total. The maximum Gasteiger partial charge on any atom is 0.138 e. The van der Waals surface area contributed by atoms with Gasteiger partial charge in [0.05, 0.1) is 0 Å². The molecule has 0 radical (unpaired) electrons. The van der Waals surface area contributed by atoms with Gasteiger partial charge in [0, 0.05) is 16.8 Å². The zero-order chi connectivity index (χ0) is 8.84. The summed E-state index contributed by atoms with van der Waals surface area (Å²) in [5.74, 6) is 0. The molecule has 0 spiro atoms. The number of aromatic amines is 1. The van der Waals surface area contributed by atoms with Gasteiger partial charge in [-0.25, -0.2) is 4.98 Å². The van der Waals surface area contributed by atoms with Crippen molar-refractivity contribution in [3.63, 3.8) is 0 Å². The normalized spacial score (nSPS) is 15.2. The van der Waals surface area contributed by atoms with Gasteiger partial charge in [0.15, 0.2) is 0 Å². The van der Waals surface area contributed by atoms with E-state index in [1.807, 2.05) is 6.92 Å².